The van der Waals surface area contributed by atoms with E-state index in [1.165, 1.54) is 43.4 Å². The first-order valence-corrected chi connectivity index (χ1v) is 16.8. The van der Waals surface area contributed by atoms with Crippen LogP contribution in [0.4, 0.5) is 0 Å². The minimum absolute atomic E-state index is 0. The standard InChI is InChI=1S/C30H34Si2.3ClH.Ti/c1-22-23(2)29(30(24(22)3)25-14-13-19-28(20-25)32(4,5)6)21-31(26-15-9-7-10-16-26)27-17-11-8-12-18-27;;;;/h7-20H,21H2,1-6H3;3*1H;/q-1;;;;+4/p-3. The number of hydrogen-bond acceptors (Lipinski definition) is 0. The summed E-state index contributed by atoms with van der Waals surface area (Å²) in [4.78, 5) is 0. The molecular weight excluding hydrogens is 571 g/mol. The monoisotopic (exact) mass is 603 g/mol. The molecule has 6 heteroatoms. The van der Waals surface area contributed by atoms with Gasteiger partial charge < -0.3 is 37.2 Å². The fourth-order valence-electron chi connectivity index (χ4n) is 4.69. The van der Waals surface area contributed by atoms with Crippen molar-refractivity contribution in [3.63, 3.8) is 0 Å². The van der Waals surface area contributed by atoms with Crippen molar-refractivity contribution in [1.29, 1.82) is 0 Å². The Morgan fingerprint density at radius 3 is 1.64 bits per heavy atom. The Kier molecular flexibility index (Phi) is 14.4. The Bertz CT molecular complexity index is 1180. The van der Waals surface area contributed by atoms with Gasteiger partial charge in [-0.15, -0.1) is 16.7 Å². The van der Waals surface area contributed by atoms with Crippen molar-refractivity contribution in [2.75, 3.05) is 0 Å². The Morgan fingerprint density at radius 2 is 1.17 bits per heavy atom. The van der Waals surface area contributed by atoms with Gasteiger partial charge in [0.2, 0.25) is 0 Å². The zero-order valence-corrected chi connectivity index (χ0v) is 27.8. The van der Waals surface area contributed by atoms with Crippen molar-refractivity contribution < 1.29 is 58.9 Å². The Hall–Kier alpha value is -0.972. The van der Waals surface area contributed by atoms with E-state index in [1.807, 2.05) is 0 Å². The maximum Gasteiger partial charge on any atom is 4.00 e. The van der Waals surface area contributed by atoms with E-state index in [1.54, 1.807) is 5.56 Å². The summed E-state index contributed by atoms with van der Waals surface area (Å²) in [6.45, 7) is 14.3. The summed E-state index contributed by atoms with van der Waals surface area (Å²) in [5, 5.41) is 4.51. The number of benzene rings is 3. The van der Waals surface area contributed by atoms with E-state index in [2.05, 4.69) is 125 Å². The van der Waals surface area contributed by atoms with Crippen molar-refractivity contribution >= 4 is 32.4 Å². The zero-order chi connectivity index (χ0) is 22.9. The molecule has 1 radical (unpaired) electrons. The topological polar surface area (TPSA) is 0 Å². The first-order chi connectivity index (χ1) is 15.3. The SMILES string of the molecule is Cc1c(C)c(-c2cccc([Si](C)(C)C)c2)[c-](C[Si](c2ccccc2)c2ccccc2)c1C.[Cl-].[Cl-].[Cl-].[Ti+4]. The van der Waals surface area contributed by atoms with E-state index in [9.17, 15) is 0 Å². The van der Waals surface area contributed by atoms with E-state index in [0.29, 0.717) is 0 Å². The van der Waals surface area contributed by atoms with Gasteiger partial charge in [-0.2, -0.15) is 11.1 Å². The molecule has 36 heavy (non-hydrogen) atoms. The van der Waals surface area contributed by atoms with Gasteiger partial charge in [-0.1, -0.05) is 153 Å². The molecule has 187 valence electrons. The average Bonchev–Trinajstić information content (AvgIpc) is 3.01. The minimum Gasteiger partial charge on any atom is -1.00 e. The predicted octanol–water partition coefficient (Wildman–Crippen LogP) is -3.06. The zero-order valence-electron chi connectivity index (χ0n) is 21.9. The largest absolute Gasteiger partial charge is 4.00 e. The molecule has 0 saturated carbocycles. The Morgan fingerprint density at radius 1 is 0.667 bits per heavy atom. The fourth-order valence-corrected chi connectivity index (χ4v) is 8.60. The van der Waals surface area contributed by atoms with E-state index >= 15 is 0 Å². The predicted molar refractivity (Wildman–Crippen MR) is 146 cm³/mol. The third-order valence-electron chi connectivity index (χ3n) is 6.87. The summed E-state index contributed by atoms with van der Waals surface area (Å²) >= 11 is 0. The van der Waals surface area contributed by atoms with Crippen molar-refractivity contribution in [3.05, 3.63) is 107 Å². The van der Waals surface area contributed by atoms with Gasteiger partial charge in [0.05, 0.1) is 8.07 Å². The molecule has 0 aliphatic carbocycles. The summed E-state index contributed by atoms with van der Waals surface area (Å²) in [7, 11) is -2.31. The second kappa shape index (κ2) is 14.8. The molecule has 0 unspecified atom stereocenters. The first kappa shape index (κ1) is 35.0. The molecule has 0 saturated heterocycles. The molecule has 0 nitrogen and oxygen atoms in total. The van der Waals surface area contributed by atoms with Crippen molar-refractivity contribution in [2.45, 2.75) is 46.5 Å². The van der Waals surface area contributed by atoms with Crippen LogP contribution < -0.4 is 52.8 Å². The van der Waals surface area contributed by atoms with Crippen LogP contribution in [-0.4, -0.2) is 16.9 Å². The molecule has 4 aromatic rings. The molecule has 0 N–H and O–H groups in total. The third-order valence-corrected chi connectivity index (χ3v) is 11.7. The Balaban J connectivity index is 0.00000306. The van der Waals surface area contributed by atoms with Crippen LogP contribution in [0.2, 0.25) is 19.6 Å². The van der Waals surface area contributed by atoms with Crippen LogP contribution in [0, 0.1) is 20.8 Å². The molecule has 0 aliphatic rings. The molecule has 4 aromatic carbocycles. The summed E-state index contributed by atoms with van der Waals surface area (Å²) in [6, 6.07) is 32.8. The van der Waals surface area contributed by atoms with Gasteiger partial charge in [0, 0.05) is 0 Å². The molecule has 4 rings (SSSR count). The van der Waals surface area contributed by atoms with Gasteiger partial charge in [0.15, 0.2) is 0 Å². The molecule has 0 atom stereocenters. The van der Waals surface area contributed by atoms with Crippen LogP contribution >= 0.6 is 0 Å². The number of rotatable bonds is 6. The second-order valence-electron chi connectivity index (χ2n) is 9.95. The molecule has 0 spiro atoms. The fraction of sp³-hybridized carbons (Fsp3) is 0.233. The van der Waals surface area contributed by atoms with Crippen LogP contribution in [0.5, 0.6) is 0 Å². The molecule has 0 aliphatic heterocycles. The van der Waals surface area contributed by atoms with E-state index in [-0.39, 0.29) is 58.9 Å². The third kappa shape index (κ3) is 7.54. The minimum atomic E-state index is -1.37. The molecule has 0 aromatic heterocycles. The van der Waals surface area contributed by atoms with Crippen LogP contribution in [0.15, 0.2) is 84.9 Å². The van der Waals surface area contributed by atoms with E-state index in [4.69, 9.17) is 0 Å². The maximum atomic E-state index is 2.48. The summed E-state index contributed by atoms with van der Waals surface area (Å²) < 4.78 is 0. The number of halogens is 3. The van der Waals surface area contributed by atoms with Crippen molar-refractivity contribution in [1.82, 2.24) is 0 Å². The van der Waals surface area contributed by atoms with Crippen molar-refractivity contribution in [2.24, 2.45) is 0 Å². The van der Waals surface area contributed by atoms with Crippen LogP contribution in [0.25, 0.3) is 11.1 Å². The smallest absolute Gasteiger partial charge is 1.00 e. The molecule has 0 bridgehead atoms. The first-order valence-electron chi connectivity index (χ1n) is 11.6. The van der Waals surface area contributed by atoms with Gasteiger partial charge in [-0.25, -0.2) is 0 Å². The summed E-state index contributed by atoms with van der Waals surface area (Å²) in [5.74, 6) is 0. The van der Waals surface area contributed by atoms with Gasteiger partial charge in [-0.05, 0) is 0 Å². The van der Waals surface area contributed by atoms with Crippen LogP contribution in [0.3, 0.4) is 0 Å². The van der Waals surface area contributed by atoms with Crippen LogP contribution in [-0.2, 0) is 27.8 Å². The number of hydrogen-bond donors (Lipinski definition) is 0. The second-order valence-corrected chi connectivity index (χ2v) is 17.5. The average molecular weight is 605 g/mol. The van der Waals surface area contributed by atoms with Gasteiger partial charge in [0.1, 0.15) is 8.80 Å². The molecule has 0 fully saturated rings. The van der Waals surface area contributed by atoms with Gasteiger partial charge in [-0.3, -0.25) is 0 Å². The van der Waals surface area contributed by atoms with E-state index < -0.39 is 16.9 Å². The molecule has 0 amide bonds. The molecule has 0 heterocycles. The summed E-state index contributed by atoms with van der Waals surface area (Å²) in [6.07, 6.45) is 0. The van der Waals surface area contributed by atoms with Crippen LogP contribution in [0.1, 0.15) is 22.3 Å². The van der Waals surface area contributed by atoms with Gasteiger partial charge >= 0.3 is 21.7 Å². The Labute approximate surface area is 254 Å². The van der Waals surface area contributed by atoms with Gasteiger partial charge in [0.25, 0.3) is 0 Å². The van der Waals surface area contributed by atoms with E-state index in [0.717, 1.165) is 6.04 Å². The maximum absolute atomic E-state index is 2.48. The molecular formula is C30H34Cl3Si2Ti. The quantitative estimate of drug-likeness (QED) is 0.162. The van der Waals surface area contributed by atoms with Crippen molar-refractivity contribution in [3.8, 4) is 11.1 Å². The normalized spacial score (nSPS) is 10.5. The summed E-state index contributed by atoms with van der Waals surface area (Å²) in [5.41, 5.74) is 8.81.